The van der Waals surface area contributed by atoms with Gasteiger partial charge in [-0.25, -0.2) is 9.97 Å². The average Bonchev–Trinajstić information content (AvgIpc) is 3.21. The van der Waals surface area contributed by atoms with Gasteiger partial charge in [-0.2, -0.15) is 0 Å². The van der Waals surface area contributed by atoms with Crippen LogP contribution in [0, 0.1) is 0 Å². The molecule has 5 rings (SSSR count). The van der Waals surface area contributed by atoms with Gasteiger partial charge in [0.1, 0.15) is 10.8 Å². The number of rotatable bonds is 8. The summed E-state index contributed by atoms with van der Waals surface area (Å²) in [5.41, 5.74) is 4.45. The zero-order chi connectivity index (χ0) is 28.1. The fourth-order valence-electron chi connectivity index (χ4n) is 5.86. The van der Waals surface area contributed by atoms with Gasteiger partial charge in [0.15, 0.2) is 11.6 Å². The molecule has 2 aliphatic rings. The Hall–Kier alpha value is -3.24. The molecule has 0 saturated carbocycles. The number of carbonyl (C=O) groups is 1. The van der Waals surface area contributed by atoms with Crippen LogP contribution in [-0.2, 0) is 12.8 Å². The number of ether oxygens (including phenoxy) is 1. The van der Waals surface area contributed by atoms with Crippen LogP contribution in [0.4, 0.5) is 11.5 Å². The van der Waals surface area contributed by atoms with Crippen molar-refractivity contribution in [3.05, 3.63) is 64.3 Å². The second-order valence-corrected chi connectivity index (χ2v) is 10.7. The summed E-state index contributed by atoms with van der Waals surface area (Å²) in [5.74, 6) is 1.53. The van der Waals surface area contributed by atoms with Crippen molar-refractivity contribution >= 4 is 29.0 Å². The zero-order valence-electron chi connectivity index (χ0n) is 23.1. The third kappa shape index (κ3) is 6.07. The summed E-state index contributed by atoms with van der Waals surface area (Å²) >= 11 is 6.49. The van der Waals surface area contributed by atoms with E-state index in [-0.39, 0.29) is 12.5 Å². The standard InChI is InChI=1S/C30H37ClN6O3/c1-32-30(39)23-7-3-4-9-26(23)34-29-25(31)19-33-28(35-29)24-11-10-20-18-21(6-5-8-22(20)27(24)40-2)37-14-12-36(13-15-37)16-17-38/h3-4,7,9-11,19,21,38H,5-6,8,12-18H2,1-2H3,(H,32,39)(H,33,34,35)/t21-/m0/s1. The summed E-state index contributed by atoms with van der Waals surface area (Å²) in [6, 6.07) is 12.0. The number of aliphatic hydroxyl groups is 1. The first kappa shape index (κ1) is 28.3. The number of hydrogen-bond donors (Lipinski definition) is 3. The summed E-state index contributed by atoms with van der Waals surface area (Å²) in [7, 11) is 3.30. The molecule has 1 saturated heterocycles. The number of aromatic nitrogens is 2. The monoisotopic (exact) mass is 564 g/mol. The lowest BCUT2D eigenvalue weighted by atomic mass is 9.96. The van der Waals surface area contributed by atoms with Crippen molar-refractivity contribution in [1.29, 1.82) is 0 Å². The number of fused-ring (bicyclic) bond motifs is 1. The van der Waals surface area contributed by atoms with E-state index in [1.807, 2.05) is 24.3 Å². The van der Waals surface area contributed by atoms with E-state index in [1.165, 1.54) is 11.1 Å². The molecule has 0 spiro atoms. The molecular formula is C30H37ClN6O3. The summed E-state index contributed by atoms with van der Waals surface area (Å²) < 4.78 is 6.00. The van der Waals surface area contributed by atoms with Crippen LogP contribution in [-0.4, -0.2) is 90.3 Å². The van der Waals surface area contributed by atoms with Crippen molar-refractivity contribution in [3.63, 3.8) is 0 Å². The number of benzene rings is 2. The molecule has 1 atom stereocenters. The number of piperazine rings is 1. The number of aliphatic hydroxyl groups excluding tert-OH is 1. The molecule has 10 heteroatoms. The van der Waals surface area contributed by atoms with E-state index in [9.17, 15) is 9.90 Å². The van der Waals surface area contributed by atoms with Crippen LogP contribution in [0.1, 0.15) is 34.3 Å². The molecule has 9 nitrogen and oxygen atoms in total. The Morgan fingerprint density at radius 1 is 1.18 bits per heavy atom. The van der Waals surface area contributed by atoms with E-state index < -0.39 is 0 Å². The quantitative estimate of drug-likeness (QED) is 0.355. The first-order valence-electron chi connectivity index (χ1n) is 13.9. The van der Waals surface area contributed by atoms with Crippen LogP contribution in [0.25, 0.3) is 11.4 Å². The van der Waals surface area contributed by atoms with Gasteiger partial charge in [-0.1, -0.05) is 29.8 Å². The Balaban J connectivity index is 1.40. The molecule has 0 unspecified atom stereocenters. The average molecular weight is 565 g/mol. The lowest BCUT2D eigenvalue weighted by molar-refractivity contribution is 0.0805. The Bertz CT molecular complexity index is 1350. The van der Waals surface area contributed by atoms with Crippen LogP contribution in [0.5, 0.6) is 5.75 Å². The predicted molar refractivity (Wildman–Crippen MR) is 158 cm³/mol. The first-order valence-corrected chi connectivity index (χ1v) is 14.3. The number of carbonyl (C=O) groups excluding carboxylic acids is 1. The lowest BCUT2D eigenvalue weighted by Crippen LogP contribution is -2.51. The lowest BCUT2D eigenvalue weighted by Gasteiger charge is -2.39. The molecule has 212 valence electrons. The second-order valence-electron chi connectivity index (χ2n) is 10.3. The Kier molecular flexibility index (Phi) is 9.16. The highest BCUT2D eigenvalue weighted by Gasteiger charge is 2.28. The van der Waals surface area contributed by atoms with Crippen LogP contribution in [0.3, 0.4) is 0 Å². The largest absolute Gasteiger partial charge is 0.496 e. The number of β-amino-alcohol motifs (C(OH)–C–C–N with tert-alkyl or cyclic N) is 1. The number of hydrogen-bond acceptors (Lipinski definition) is 8. The van der Waals surface area contributed by atoms with Crippen LogP contribution in [0.15, 0.2) is 42.6 Å². The molecule has 1 fully saturated rings. The number of nitrogens with zero attached hydrogens (tertiary/aromatic N) is 4. The summed E-state index contributed by atoms with van der Waals surface area (Å²) in [6.45, 7) is 5.05. The molecular weight excluding hydrogens is 528 g/mol. The third-order valence-corrected chi connectivity index (χ3v) is 8.23. The van der Waals surface area contributed by atoms with E-state index in [0.29, 0.717) is 34.0 Å². The molecule has 0 radical (unpaired) electrons. The summed E-state index contributed by atoms with van der Waals surface area (Å²) in [6.07, 6.45) is 5.72. The van der Waals surface area contributed by atoms with E-state index in [4.69, 9.17) is 21.3 Å². The van der Waals surface area contributed by atoms with Gasteiger partial charge in [0, 0.05) is 45.8 Å². The van der Waals surface area contributed by atoms with Gasteiger partial charge < -0.3 is 20.5 Å². The molecule has 1 aliphatic carbocycles. The van der Waals surface area contributed by atoms with Gasteiger partial charge in [-0.15, -0.1) is 0 Å². The Morgan fingerprint density at radius 2 is 1.98 bits per heavy atom. The van der Waals surface area contributed by atoms with Gasteiger partial charge in [0.05, 0.1) is 36.7 Å². The molecule has 3 aromatic rings. The highest BCUT2D eigenvalue weighted by molar-refractivity contribution is 6.33. The fourth-order valence-corrected chi connectivity index (χ4v) is 5.99. The van der Waals surface area contributed by atoms with Gasteiger partial charge in [-0.05, 0) is 55.0 Å². The van der Waals surface area contributed by atoms with Crippen LogP contribution < -0.4 is 15.4 Å². The van der Waals surface area contributed by atoms with Crippen molar-refractivity contribution in [2.45, 2.75) is 31.7 Å². The van der Waals surface area contributed by atoms with Crippen molar-refractivity contribution in [1.82, 2.24) is 25.1 Å². The van der Waals surface area contributed by atoms with Gasteiger partial charge in [-0.3, -0.25) is 14.6 Å². The Morgan fingerprint density at radius 3 is 2.73 bits per heavy atom. The number of halogens is 1. The molecule has 3 N–H and O–H groups in total. The minimum atomic E-state index is -0.203. The van der Waals surface area contributed by atoms with Crippen molar-refractivity contribution < 1.29 is 14.6 Å². The van der Waals surface area contributed by atoms with Crippen LogP contribution >= 0.6 is 11.6 Å². The van der Waals surface area contributed by atoms with E-state index in [2.05, 4.69) is 31.5 Å². The molecule has 1 aliphatic heterocycles. The number of anilines is 2. The van der Waals surface area contributed by atoms with E-state index in [0.717, 1.165) is 69.7 Å². The number of amides is 1. The van der Waals surface area contributed by atoms with E-state index >= 15 is 0 Å². The molecule has 2 heterocycles. The summed E-state index contributed by atoms with van der Waals surface area (Å²) in [5, 5.41) is 15.5. The maximum Gasteiger partial charge on any atom is 0.253 e. The minimum Gasteiger partial charge on any atom is -0.496 e. The third-order valence-electron chi connectivity index (χ3n) is 7.96. The molecule has 1 aromatic heterocycles. The van der Waals surface area contributed by atoms with Crippen LogP contribution in [0.2, 0.25) is 5.02 Å². The maximum absolute atomic E-state index is 12.4. The maximum atomic E-state index is 12.4. The van der Waals surface area contributed by atoms with E-state index in [1.54, 1.807) is 26.4 Å². The normalized spacial score (nSPS) is 18.1. The molecule has 40 heavy (non-hydrogen) atoms. The zero-order valence-corrected chi connectivity index (χ0v) is 23.9. The van der Waals surface area contributed by atoms with Crippen molar-refractivity contribution in [3.8, 4) is 17.1 Å². The smallest absolute Gasteiger partial charge is 0.253 e. The summed E-state index contributed by atoms with van der Waals surface area (Å²) in [4.78, 5) is 26.6. The van der Waals surface area contributed by atoms with Gasteiger partial charge in [0.2, 0.25) is 0 Å². The SMILES string of the molecule is CNC(=O)c1ccccc1Nc1nc(-c2ccc3c(c2OC)CCC[C@H](N2CCN(CCO)CC2)C3)ncc1Cl. The van der Waals surface area contributed by atoms with Gasteiger partial charge >= 0.3 is 0 Å². The highest BCUT2D eigenvalue weighted by Crippen LogP contribution is 2.38. The number of methoxy groups -OCH3 is 1. The number of nitrogens with one attached hydrogen (secondary N) is 2. The van der Waals surface area contributed by atoms with Gasteiger partial charge in [0.25, 0.3) is 5.91 Å². The van der Waals surface area contributed by atoms with Crippen molar-refractivity contribution in [2.24, 2.45) is 0 Å². The predicted octanol–water partition coefficient (Wildman–Crippen LogP) is 3.77. The highest BCUT2D eigenvalue weighted by atomic mass is 35.5. The minimum absolute atomic E-state index is 0.203. The fraction of sp³-hybridized carbons (Fsp3) is 0.433. The number of para-hydroxylation sites is 1. The van der Waals surface area contributed by atoms with Crippen molar-refractivity contribution in [2.75, 3.05) is 58.8 Å². The molecule has 1 amide bonds. The molecule has 0 bridgehead atoms. The first-order chi connectivity index (χ1) is 19.5. The topological polar surface area (TPSA) is 103 Å². The Labute approximate surface area is 240 Å². The second kappa shape index (κ2) is 13.0. The molecule has 2 aromatic carbocycles.